The number of nitrogens with one attached hydrogen (secondary N) is 6. The Bertz CT molecular complexity index is 5010. The molecule has 42 heteroatoms. The largest absolute Gasteiger partial charge is 0.497 e. The van der Waals surface area contributed by atoms with Gasteiger partial charge in [0.15, 0.2) is 35.4 Å². The number of sulfone groups is 1. The highest BCUT2D eigenvalue weighted by molar-refractivity contribution is 7.90. The molecule has 6 heterocycles. The maximum Gasteiger partial charge on any atom is 0.345 e. The van der Waals surface area contributed by atoms with Crippen LogP contribution < -0.4 is 50.8 Å². The van der Waals surface area contributed by atoms with Crippen LogP contribution in [0.5, 0.6) is 23.0 Å². The number of carbonyl (C=O) groups excluding carboxylic acids is 7. The van der Waals surface area contributed by atoms with Gasteiger partial charge >= 0.3 is 47.5 Å². The molecule has 0 saturated carbocycles. The van der Waals surface area contributed by atoms with Crippen LogP contribution >= 0.6 is 0 Å². The number of benzene rings is 5. The molecule has 0 unspecified atom stereocenters. The first-order valence-electron chi connectivity index (χ1n) is 46.4. The number of methoxy groups -OCH3 is 1. The van der Waals surface area contributed by atoms with Crippen LogP contribution in [0.2, 0.25) is 0 Å². The Morgan fingerprint density at radius 2 is 0.638 bits per heavy atom. The second-order valence-corrected chi connectivity index (χ2v) is 40.5. The number of nitro benzene ring substituents is 5. The van der Waals surface area contributed by atoms with Crippen molar-refractivity contribution in [3.63, 3.8) is 0 Å². The Balaban J connectivity index is 0.000000254. The zero-order valence-electron chi connectivity index (χ0n) is 82.3. The lowest BCUT2D eigenvalue weighted by molar-refractivity contribution is -0.385. The van der Waals surface area contributed by atoms with E-state index in [1.54, 1.807) is 32.0 Å². The Kier molecular flexibility index (Phi) is 44.6. The highest BCUT2D eigenvalue weighted by Gasteiger charge is 2.42. The van der Waals surface area contributed by atoms with Crippen LogP contribution in [-0.4, -0.2) is 226 Å². The van der Waals surface area contributed by atoms with Gasteiger partial charge in [-0.25, -0.2) is 32.4 Å². The molecular formula is C96H139N11O30S. The van der Waals surface area contributed by atoms with E-state index in [2.05, 4.69) is 31.9 Å². The van der Waals surface area contributed by atoms with Crippen LogP contribution in [0.3, 0.4) is 0 Å². The summed E-state index contributed by atoms with van der Waals surface area (Å²) in [6.07, 6.45) is 12.4. The number of carbonyl (C=O) groups is 7. The number of hydrogen-bond acceptors (Lipinski definition) is 36. The summed E-state index contributed by atoms with van der Waals surface area (Å²) in [6.45, 7) is 38.2. The second-order valence-electron chi connectivity index (χ2n) is 38.5. The summed E-state index contributed by atoms with van der Waals surface area (Å²) in [5.74, 6) is -0.902. The van der Waals surface area contributed by atoms with E-state index in [0.29, 0.717) is 35.2 Å². The van der Waals surface area contributed by atoms with Crippen molar-refractivity contribution in [2.75, 3.05) is 112 Å². The number of esters is 7. The minimum atomic E-state index is -3.62. The molecule has 6 aliphatic rings. The third-order valence-electron chi connectivity index (χ3n) is 24.7. The zero-order valence-corrected chi connectivity index (χ0v) is 83.1. The second kappa shape index (κ2) is 53.5. The summed E-state index contributed by atoms with van der Waals surface area (Å²) >= 11 is 0. The third kappa shape index (κ3) is 38.9. The van der Waals surface area contributed by atoms with Crippen LogP contribution in [0, 0.1) is 86.1 Å². The molecule has 0 amide bonds. The maximum absolute atomic E-state index is 12.5. The summed E-state index contributed by atoms with van der Waals surface area (Å²) in [5, 5.41) is 74.3. The van der Waals surface area contributed by atoms with Gasteiger partial charge in [0.1, 0.15) is 67.6 Å². The predicted octanol–water partition coefficient (Wildman–Crippen LogP) is 13.8. The van der Waals surface area contributed by atoms with Gasteiger partial charge in [-0.15, -0.1) is 0 Å². The molecule has 0 bridgehead atoms. The fraction of sp³-hybridized carbons (Fsp3) is 0.615. The average molecular weight is 1960 g/mol. The van der Waals surface area contributed by atoms with Crippen molar-refractivity contribution >= 4 is 80.1 Å². The van der Waals surface area contributed by atoms with E-state index in [4.69, 9.17) is 52.1 Å². The molecule has 0 spiro atoms. The quantitative estimate of drug-likeness (QED) is 0.00983. The van der Waals surface area contributed by atoms with Gasteiger partial charge in [0.2, 0.25) is 0 Å². The van der Waals surface area contributed by atoms with E-state index in [1.165, 1.54) is 86.0 Å². The van der Waals surface area contributed by atoms with Gasteiger partial charge in [-0.2, -0.15) is 0 Å². The average Bonchev–Trinajstić information content (AvgIpc) is 0.787. The highest BCUT2D eigenvalue weighted by Crippen LogP contribution is 2.38. The van der Waals surface area contributed by atoms with Crippen LogP contribution in [0.25, 0.3) is 0 Å². The summed E-state index contributed by atoms with van der Waals surface area (Å²) in [6, 6.07) is 24.6. The van der Waals surface area contributed by atoms with Crippen LogP contribution in [-0.2, 0) is 67.0 Å². The molecule has 6 fully saturated rings. The van der Waals surface area contributed by atoms with E-state index in [9.17, 15) is 92.6 Å². The Morgan fingerprint density at radius 3 is 0.978 bits per heavy atom. The van der Waals surface area contributed by atoms with Gasteiger partial charge in [-0.05, 0) is 308 Å². The predicted molar refractivity (Wildman–Crippen MR) is 510 cm³/mol. The molecule has 41 nitrogen and oxygen atoms in total. The SMILES string of the molecule is CC(C)(C)OC(=O)CCC(=O)OC(C)(C)C1CCNCC1.CC(C)(OC(=O)COc1ccc([N+](=O)[O-])cc1)C1CCNCC1.CC(C)(OC(=O)COc1cccc([N+](=O)[O-])c1)C1CCNCC1.CC(C)(OC(=O)COc1ccccc1[N+](=O)[O-])C1CCNCC1.CC(C)(OC(=O)c1ccc(S(C)(=O)=O)cc1[N+](=O)[O-])C1CCNCC1.COc1ccc(C(=O)OC(C)(C)C2CCNCC2)c([N+](=O)[O-])c1. The summed E-state index contributed by atoms with van der Waals surface area (Å²) < 4.78 is 82.6. The number of piperidine rings is 6. The first-order chi connectivity index (χ1) is 64.6. The summed E-state index contributed by atoms with van der Waals surface area (Å²) in [4.78, 5) is 136. The monoisotopic (exact) mass is 1960 g/mol. The first-order valence-corrected chi connectivity index (χ1v) is 48.2. The van der Waals surface area contributed by atoms with Crippen molar-refractivity contribution < 1.29 is 119 Å². The number of hydrogen-bond donors (Lipinski definition) is 6. The Labute approximate surface area is 805 Å². The minimum absolute atomic E-state index is 0.0213. The molecule has 11 rings (SSSR count). The van der Waals surface area contributed by atoms with E-state index in [-0.39, 0.29) is 107 Å². The number of nitro groups is 5. The highest BCUT2D eigenvalue weighted by atomic mass is 32.2. The Hall–Kier alpha value is -11.7. The van der Waals surface area contributed by atoms with Crippen molar-refractivity contribution in [2.24, 2.45) is 35.5 Å². The molecule has 6 aliphatic heterocycles. The van der Waals surface area contributed by atoms with E-state index in [1.807, 2.05) is 90.0 Å². The van der Waals surface area contributed by atoms with Gasteiger partial charge in [0.25, 0.3) is 22.7 Å². The minimum Gasteiger partial charge on any atom is -0.497 e. The van der Waals surface area contributed by atoms with Crippen molar-refractivity contribution in [1.82, 2.24) is 31.9 Å². The van der Waals surface area contributed by atoms with Gasteiger partial charge in [-0.3, -0.25) is 60.2 Å². The van der Waals surface area contributed by atoms with Gasteiger partial charge in [-0.1, -0.05) is 18.2 Å². The first kappa shape index (κ1) is 115. The molecule has 0 radical (unpaired) electrons. The fourth-order valence-electron chi connectivity index (χ4n) is 16.6. The van der Waals surface area contributed by atoms with Crippen LogP contribution in [0.15, 0.2) is 114 Å². The molecule has 0 aromatic heterocycles. The van der Waals surface area contributed by atoms with Crippen LogP contribution in [0.1, 0.15) is 214 Å². The summed E-state index contributed by atoms with van der Waals surface area (Å²) in [7, 11) is -2.20. The molecule has 6 N–H and O–H groups in total. The number of para-hydroxylation sites is 2. The van der Waals surface area contributed by atoms with Crippen molar-refractivity contribution in [2.45, 2.75) is 238 Å². The lowest BCUT2D eigenvalue weighted by Gasteiger charge is -2.36. The van der Waals surface area contributed by atoms with E-state index >= 15 is 0 Å². The normalized spacial score (nSPS) is 16.2. The number of non-ortho nitro benzene ring substituents is 2. The summed E-state index contributed by atoms with van der Waals surface area (Å²) in [5.41, 5.74) is -5.57. The number of rotatable bonds is 33. The van der Waals surface area contributed by atoms with E-state index < -0.39 is 109 Å². The van der Waals surface area contributed by atoms with Crippen molar-refractivity contribution in [1.29, 1.82) is 0 Å². The van der Waals surface area contributed by atoms with Crippen molar-refractivity contribution in [3.05, 3.63) is 171 Å². The molecule has 0 aliphatic carbocycles. The molecular weight excluding hydrogens is 1820 g/mol. The molecule has 764 valence electrons. The molecule has 0 atom stereocenters. The Morgan fingerprint density at radius 1 is 0.326 bits per heavy atom. The lowest BCUT2D eigenvalue weighted by atomic mass is 9.83. The molecule has 5 aromatic carbocycles. The topological polar surface area (TPSA) is 543 Å². The number of nitrogens with zero attached hydrogens (tertiary/aromatic N) is 5. The molecule has 6 saturated heterocycles. The zero-order chi connectivity index (χ0) is 103. The maximum atomic E-state index is 12.5. The number of ether oxygens (including phenoxy) is 11. The van der Waals surface area contributed by atoms with Crippen molar-refractivity contribution in [3.8, 4) is 23.0 Å². The lowest BCUT2D eigenvalue weighted by Crippen LogP contribution is -2.43. The third-order valence-corrected chi connectivity index (χ3v) is 25.8. The van der Waals surface area contributed by atoms with Crippen LogP contribution in [0.4, 0.5) is 28.4 Å². The smallest absolute Gasteiger partial charge is 0.345 e. The van der Waals surface area contributed by atoms with Gasteiger partial charge in [0, 0.05) is 72.1 Å². The standard InChI is InChI=1S/C16H22N2O6S.4C16H22N2O5.C16H29NO4/c1-16(2,11-6-8-17-9-7-11)24-15(19)13-5-4-12(25(3,22)23)10-14(13)18(20)21;1-16(2,11-6-8-17-9-7-11)23-15(19)13-5-4-12(22-3)10-14(13)18(20)21;1-16(2,12-7-9-17-10-8-12)23-15(19)11-22-14-5-3-13(4-6-14)18(20)21;1-16(2,12-6-8-17-9-7-12)23-15(19)11-22-14-5-3-4-13(10-14)18(20)21;1-16(2,12-7-9-17-10-8-12)23-15(19)11-22-14-6-4-3-5-13(14)18(20)21;1-15(2,3)20-13(18)6-7-14(19)21-16(4,5)12-8-10-17-11-9-12/h4-5,10-11,17H,6-9H2,1-3H3;4-5,10-11,17H,6-9H2,1-3H3;3-6,12,17H,7-11H2,1-2H3;3-5,10,12,17H,6-9,11H2,1-2H3;3-6,12,17H,7-11H2,1-2H3;12,17H,6-11H2,1-5H3. The van der Waals surface area contributed by atoms with Gasteiger partial charge in [0.05, 0.1) is 61.6 Å². The van der Waals surface area contributed by atoms with E-state index in [0.717, 1.165) is 174 Å². The molecule has 138 heavy (non-hydrogen) atoms. The van der Waals surface area contributed by atoms with Gasteiger partial charge < -0.3 is 84.0 Å². The molecule has 5 aromatic rings. The fourth-order valence-corrected chi connectivity index (χ4v) is 17.3.